The molecule has 1 heterocycles. The zero-order valence-corrected chi connectivity index (χ0v) is 14.9. The maximum atomic E-state index is 10.8. The molecule has 0 amide bonds. The molecule has 0 aliphatic carbocycles. The Hall–Kier alpha value is -1.85. The summed E-state index contributed by atoms with van der Waals surface area (Å²) >= 11 is 6.02. The predicted octanol–water partition coefficient (Wildman–Crippen LogP) is 3.88. The van der Waals surface area contributed by atoms with Crippen molar-refractivity contribution in [2.24, 2.45) is 0 Å². The lowest BCUT2D eigenvalue weighted by Gasteiger charge is -2.20. The van der Waals surface area contributed by atoms with Crippen molar-refractivity contribution < 1.29 is 9.90 Å². The lowest BCUT2D eigenvalue weighted by molar-refractivity contribution is -0.138. The average molecular weight is 350 g/mol. The standard InChI is InChI=1S/C18H24ClN3O2/c1-3-22(12-18(23)24)10-4-5-13(2)21-16-8-9-20-17-11-14(19)6-7-15(16)17/h6-9,11,13H,3-5,10,12H2,1-2H3,(H,20,21)(H,23,24). The van der Waals surface area contributed by atoms with Gasteiger partial charge in [0.25, 0.3) is 0 Å². The van der Waals surface area contributed by atoms with Crippen LogP contribution in [0.5, 0.6) is 0 Å². The first-order valence-corrected chi connectivity index (χ1v) is 8.62. The molecule has 24 heavy (non-hydrogen) atoms. The van der Waals surface area contributed by atoms with Crippen molar-refractivity contribution in [1.29, 1.82) is 0 Å². The van der Waals surface area contributed by atoms with Crippen LogP contribution in [0.25, 0.3) is 10.9 Å². The number of nitrogens with one attached hydrogen (secondary N) is 1. The summed E-state index contributed by atoms with van der Waals surface area (Å²) in [5.41, 5.74) is 1.92. The van der Waals surface area contributed by atoms with E-state index in [1.54, 1.807) is 6.20 Å². The molecular weight excluding hydrogens is 326 g/mol. The number of nitrogens with zero attached hydrogens (tertiary/aromatic N) is 2. The number of aliphatic carboxylic acids is 1. The van der Waals surface area contributed by atoms with Gasteiger partial charge in [-0.15, -0.1) is 0 Å². The van der Waals surface area contributed by atoms with Gasteiger partial charge in [0, 0.05) is 28.3 Å². The van der Waals surface area contributed by atoms with Crippen LogP contribution in [-0.4, -0.2) is 46.6 Å². The molecule has 1 aromatic heterocycles. The van der Waals surface area contributed by atoms with E-state index in [-0.39, 0.29) is 12.6 Å². The van der Waals surface area contributed by atoms with Crippen molar-refractivity contribution in [2.45, 2.75) is 32.7 Å². The molecule has 0 saturated heterocycles. The summed E-state index contributed by atoms with van der Waals surface area (Å²) in [6.07, 6.45) is 3.69. The maximum absolute atomic E-state index is 10.8. The molecule has 0 bridgehead atoms. The predicted molar refractivity (Wildman–Crippen MR) is 98.8 cm³/mol. The van der Waals surface area contributed by atoms with Gasteiger partial charge < -0.3 is 10.4 Å². The van der Waals surface area contributed by atoms with Gasteiger partial charge in [-0.05, 0) is 57.1 Å². The van der Waals surface area contributed by atoms with Crippen LogP contribution in [0.15, 0.2) is 30.5 Å². The van der Waals surface area contributed by atoms with Gasteiger partial charge in [-0.2, -0.15) is 0 Å². The summed E-state index contributed by atoms with van der Waals surface area (Å²) in [6, 6.07) is 7.96. The number of anilines is 1. The van der Waals surface area contributed by atoms with Crippen LogP contribution in [0, 0.1) is 0 Å². The molecule has 0 saturated carbocycles. The Morgan fingerprint density at radius 1 is 1.42 bits per heavy atom. The molecule has 0 aliphatic rings. The summed E-state index contributed by atoms with van der Waals surface area (Å²) in [5.74, 6) is -0.773. The second kappa shape index (κ2) is 8.85. The largest absolute Gasteiger partial charge is 0.480 e. The number of halogens is 1. The summed E-state index contributed by atoms with van der Waals surface area (Å²) in [7, 11) is 0. The SMILES string of the molecule is CCN(CCCC(C)Nc1ccnc2cc(Cl)ccc12)CC(=O)O. The second-order valence-electron chi connectivity index (χ2n) is 5.97. The van der Waals surface area contributed by atoms with Crippen LogP contribution < -0.4 is 5.32 Å². The van der Waals surface area contributed by atoms with Crippen LogP contribution in [-0.2, 0) is 4.79 Å². The Balaban J connectivity index is 1.91. The fraction of sp³-hybridized carbons (Fsp3) is 0.444. The average Bonchev–Trinajstić information content (AvgIpc) is 2.53. The molecule has 1 atom stereocenters. The van der Waals surface area contributed by atoms with Crippen LogP contribution in [0.4, 0.5) is 5.69 Å². The van der Waals surface area contributed by atoms with Gasteiger partial charge in [-0.3, -0.25) is 14.7 Å². The molecule has 0 fully saturated rings. The minimum Gasteiger partial charge on any atom is -0.480 e. The van der Waals surface area contributed by atoms with Crippen LogP contribution >= 0.6 is 11.6 Å². The van der Waals surface area contributed by atoms with Crippen molar-refractivity contribution in [3.05, 3.63) is 35.5 Å². The van der Waals surface area contributed by atoms with Crippen molar-refractivity contribution in [2.75, 3.05) is 25.0 Å². The van der Waals surface area contributed by atoms with Crippen LogP contribution in [0.2, 0.25) is 5.02 Å². The molecule has 0 aliphatic heterocycles. The van der Waals surface area contributed by atoms with E-state index in [1.165, 1.54) is 0 Å². The third-order valence-electron chi connectivity index (χ3n) is 4.02. The van der Waals surface area contributed by atoms with E-state index in [2.05, 4.69) is 17.2 Å². The van der Waals surface area contributed by atoms with E-state index < -0.39 is 5.97 Å². The lowest BCUT2D eigenvalue weighted by Crippen LogP contribution is -2.31. The number of carbonyl (C=O) groups is 1. The Morgan fingerprint density at radius 2 is 2.21 bits per heavy atom. The molecule has 1 aromatic carbocycles. The smallest absolute Gasteiger partial charge is 0.317 e. The third kappa shape index (κ3) is 5.35. The highest BCUT2D eigenvalue weighted by Gasteiger charge is 2.10. The number of rotatable bonds is 9. The summed E-state index contributed by atoms with van der Waals surface area (Å²) in [4.78, 5) is 17.1. The molecule has 0 spiro atoms. The van der Waals surface area contributed by atoms with E-state index in [4.69, 9.17) is 16.7 Å². The molecule has 1 unspecified atom stereocenters. The molecule has 2 rings (SSSR count). The molecular formula is C18H24ClN3O2. The van der Waals surface area contributed by atoms with Gasteiger partial charge in [0.15, 0.2) is 0 Å². The molecule has 2 N–H and O–H groups in total. The molecule has 130 valence electrons. The fourth-order valence-electron chi connectivity index (χ4n) is 2.75. The summed E-state index contributed by atoms with van der Waals surface area (Å²) in [5, 5.41) is 14.1. The van der Waals surface area contributed by atoms with Crippen LogP contribution in [0.3, 0.4) is 0 Å². The van der Waals surface area contributed by atoms with E-state index in [9.17, 15) is 4.79 Å². The Labute approximate surface area is 147 Å². The number of benzene rings is 1. The topological polar surface area (TPSA) is 65.5 Å². The summed E-state index contributed by atoms with van der Waals surface area (Å²) < 4.78 is 0. The highest BCUT2D eigenvalue weighted by Crippen LogP contribution is 2.25. The first kappa shape index (κ1) is 18.5. The molecule has 6 heteroatoms. The highest BCUT2D eigenvalue weighted by atomic mass is 35.5. The number of pyridine rings is 1. The highest BCUT2D eigenvalue weighted by molar-refractivity contribution is 6.31. The number of fused-ring (bicyclic) bond motifs is 1. The normalized spacial score (nSPS) is 12.5. The van der Waals surface area contributed by atoms with Crippen molar-refractivity contribution in [1.82, 2.24) is 9.88 Å². The number of hydrogen-bond donors (Lipinski definition) is 2. The van der Waals surface area contributed by atoms with Gasteiger partial charge in [0.2, 0.25) is 0 Å². The first-order valence-electron chi connectivity index (χ1n) is 8.24. The van der Waals surface area contributed by atoms with E-state index >= 15 is 0 Å². The number of hydrogen-bond acceptors (Lipinski definition) is 4. The first-order chi connectivity index (χ1) is 11.5. The van der Waals surface area contributed by atoms with Crippen molar-refractivity contribution in [3.8, 4) is 0 Å². The van der Waals surface area contributed by atoms with Crippen LogP contribution in [0.1, 0.15) is 26.7 Å². The minimum absolute atomic E-state index is 0.105. The van der Waals surface area contributed by atoms with E-state index in [1.807, 2.05) is 36.1 Å². The van der Waals surface area contributed by atoms with Gasteiger partial charge in [-0.1, -0.05) is 18.5 Å². The fourth-order valence-corrected chi connectivity index (χ4v) is 2.91. The quantitative estimate of drug-likeness (QED) is 0.719. The van der Waals surface area contributed by atoms with E-state index in [0.717, 1.165) is 42.5 Å². The van der Waals surface area contributed by atoms with E-state index in [0.29, 0.717) is 5.02 Å². The third-order valence-corrected chi connectivity index (χ3v) is 4.26. The molecule has 5 nitrogen and oxygen atoms in total. The van der Waals surface area contributed by atoms with Crippen molar-refractivity contribution in [3.63, 3.8) is 0 Å². The van der Waals surface area contributed by atoms with Gasteiger partial charge >= 0.3 is 5.97 Å². The molecule has 2 aromatic rings. The monoisotopic (exact) mass is 349 g/mol. The minimum atomic E-state index is -0.773. The Kier molecular flexibility index (Phi) is 6.82. The second-order valence-corrected chi connectivity index (χ2v) is 6.41. The number of carboxylic acids is 1. The maximum Gasteiger partial charge on any atom is 0.317 e. The number of aromatic nitrogens is 1. The summed E-state index contributed by atoms with van der Waals surface area (Å²) in [6.45, 7) is 5.77. The zero-order chi connectivity index (χ0) is 17.5. The number of carboxylic acid groups (broad SMARTS) is 1. The molecule has 0 radical (unpaired) electrons. The number of likely N-dealkylation sites (N-methyl/N-ethyl adjacent to an activating group) is 1. The van der Waals surface area contributed by atoms with Gasteiger partial charge in [-0.25, -0.2) is 0 Å². The Morgan fingerprint density at radius 3 is 2.92 bits per heavy atom. The van der Waals surface area contributed by atoms with Gasteiger partial charge in [0.1, 0.15) is 0 Å². The van der Waals surface area contributed by atoms with Gasteiger partial charge in [0.05, 0.1) is 12.1 Å². The lowest BCUT2D eigenvalue weighted by atomic mass is 10.1. The van der Waals surface area contributed by atoms with Crippen molar-refractivity contribution >= 4 is 34.2 Å². The Bertz CT molecular complexity index is 693. The zero-order valence-electron chi connectivity index (χ0n) is 14.1.